The van der Waals surface area contributed by atoms with Crippen molar-refractivity contribution < 1.29 is 9.18 Å². The molecule has 1 aliphatic rings. The fourth-order valence-corrected chi connectivity index (χ4v) is 2.83. The zero-order chi connectivity index (χ0) is 15.7. The highest BCUT2D eigenvalue weighted by molar-refractivity contribution is 6.08. The van der Waals surface area contributed by atoms with Gasteiger partial charge in [0.25, 0.3) is 0 Å². The second-order valence-corrected chi connectivity index (χ2v) is 6.27. The van der Waals surface area contributed by atoms with E-state index in [0.29, 0.717) is 5.56 Å². The van der Waals surface area contributed by atoms with Crippen LogP contribution in [0.3, 0.4) is 0 Å². The molecular weight excluding hydrogens is 277 g/mol. The van der Waals surface area contributed by atoms with Gasteiger partial charge in [-0.15, -0.1) is 0 Å². The molecule has 2 aromatic rings. The van der Waals surface area contributed by atoms with Crippen molar-refractivity contribution >= 4 is 11.5 Å². The van der Waals surface area contributed by atoms with E-state index < -0.39 is 0 Å². The van der Waals surface area contributed by atoms with Crippen molar-refractivity contribution in [2.45, 2.75) is 25.8 Å². The molecule has 0 bridgehead atoms. The Kier molecular flexibility index (Phi) is 3.57. The van der Waals surface area contributed by atoms with Gasteiger partial charge in [0.1, 0.15) is 5.82 Å². The Morgan fingerprint density at radius 2 is 1.82 bits per heavy atom. The minimum absolute atomic E-state index is 0.108. The maximum Gasteiger partial charge on any atom is 0.187 e. The Morgan fingerprint density at radius 1 is 1.14 bits per heavy atom. The van der Waals surface area contributed by atoms with E-state index in [1.165, 1.54) is 29.8 Å². The first-order valence-corrected chi connectivity index (χ1v) is 7.33. The van der Waals surface area contributed by atoms with Gasteiger partial charge in [-0.05, 0) is 50.1 Å². The summed E-state index contributed by atoms with van der Waals surface area (Å²) in [4.78, 5) is 12.4. The van der Waals surface area contributed by atoms with Crippen LogP contribution in [0.2, 0.25) is 0 Å². The molecule has 1 heterocycles. The van der Waals surface area contributed by atoms with E-state index >= 15 is 0 Å². The minimum Gasteiger partial charge on any atom is -0.379 e. The summed E-state index contributed by atoms with van der Waals surface area (Å²) in [5.41, 5.74) is 3.47. The molecule has 0 fully saturated rings. The normalized spacial score (nSPS) is 17.7. The van der Waals surface area contributed by atoms with E-state index in [9.17, 15) is 9.18 Å². The second kappa shape index (κ2) is 5.41. The van der Waals surface area contributed by atoms with Crippen LogP contribution in [-0.4, -0.2) is 11.3 Å². The van der Waals surface area contributed by atoms with Crippen molar-refractivity contribution in [2.24, 2.45) is 0 Å². The average molecular weight is 295 g/mol. The van der Waals surface area contributed by atoms with Crippen LogP contribution in [0, 0.1) is 5.82 Å². The monoisotopic (exact) mass is 295 g/mol. The van der Waals surface area contributed by atoms with Gasteiger partial charge in [0.15, 0.2) is 5.78 Å². The second-order valence-electron chi connectivity index (χ2n) is 6.27. The molecular formula is C19H18FNO. The summed E-state index contributed by atoms with van der Waals surface area (Å²) in [5, 5.41) is 3.43. The van der Waals surface area contributed by atoms with Crippen molar-refractivity contribution in [3.63, 3.8) is 0 Å². The Balaban J connectivity index is 1.99. The van der Waals surface area contributed by atoms with Gasteiger partial charge in [-0.1, -0.05) is 24.3 Å². The maximum absolute atomic E-state index is 13.0. The van der Waals surface area contributed by atoms with Gasteiger partial charge in [0, 0.05) is 28.4 Å². The van der Waals surface area contributed by atoms with Gasteiger partial charge in [-0.25, -0.2) is 4.39 Å². The number of hydrogen-bond acceptors (Lipinski definition) is 2. The number of hydrogen-bond donors (Lipinski definition) is 1. The van der Waals surface area contributed by atoms with Crippen molar-refractivity contribution in [1.82, 2.24) is 5.32 Å². The van der Waals surface area contributed by atoms with Crippen LogP contribution >= 0.6 is 0 Å². The number of carbonyl (C=O) groups excluding carboxylic acids is 1. The quantitative estimate of drug-likeness (QED) is 0.671. The molecule has 0 radical (unpaired) electrons. The van der Waals surface area contributed by atoms with Crippen molar-refractivity contribution in [3.8, 4) is 0 Å². The molecule has 2 aromatic carbocycles. The Bertz CT molecular complexity index is 744. The number of ketones is 1. The molecule has 0 saturated carbocycles. The summed E-state index contributed by atoms with van der Waals surface area (Å²) in [5.74, 6) is -0.471. The van der Waals surface area contributed by atoms with E-state index in [1.54, 1.807) is 6.08 Å². The standard InChI is InChI=1S/C19H18FNO/c1-19(2)12-14-5-3-4-6-16(14)17(21-19)11-18(22)13-7-9-15(20)10-8-13/h3-11,21H,12H2,1-2H3. The zero-order valence-electron chi connectivity index (χ0n) is 12.7. The highest BCUT2D eigenvalue weighted by Gasteiger charge is 2.27. The SMILES string of the molecule is CC1(C)Cc2ccccc2C(=CC(=O)c2ccc(F)cc2)N1. The van der Waals surface area contributed by atoms with E-state index in [1.807, 2.05) is 18.2 Å². The van der Waals surface area contributed by atoms with Gasteiger partial charge < -0.3 is 5.32 Å². The summed E-state index contributed by atoms with van der Waals surface area (Å²) in [6.45, 7) is 4.22. The van der Waals surface area contributed by atoms with E-state index in [-0.39, 0.29) is 17.1 Å². The molecule has 2 nitrogen and oxygen atoms in total. The maximum atomic E-state index is 13.0. The van der Waals surface area contributed by atoms with E-state index in [2.05, 4.69) is 25.2 Å². The third-order valence-electron chi connectivity index (χ3n) is 3.82. The number of rotatable bonds is 2. The smallest absolute Gasteiger partial charge is 0.187 e. The first-order chi connectivity index (χ1) is 10.4. The lowest BCUT2D eigenvalue weighted by Gasteiger charge is -2.35. The molecule has 3 rings (SSSR count). The summed E-state index contributed by atoms with van der Waals surface area (Å²) >= 11 is 0. The lowest BCUT2D eigenvalue weighted by atomic mass is 9.85. The van der Waals surface area contributed by atoms with Crippen LogP contribution in [0.4, 0.5) is 4.39 Å². The van der Waals surface area contributed by atoms with Gasteiger partial charge in [-0.2, -0.15) is 0 Å². The topological polar surface area (TPSA) is 29.1 Å². The Labute approximate surface area is 129 Å². The predicted molar refractivity (Wildman–Crippen MR) is 86.1 cm³/mol. The highest BCUT2D eigenvalue weighted by Crippen LogP contribution is 2.29. The van der Waals surface area contributed by atoms with E-state index in [0.717, 1.165) is 17.7 Å². The number of allylic oxidation sites excluding steroid dienone is 1. The molecule has 22 heavy (non-hydrogen) atoms. The zero-order valence-corrected chi connectivity index (χ0v) is 12.7. The van der Waals surface area contributed by atoms with Crippen LogP contribution in [0.1, 0.15) is 35.3 Å². The van der Waals surface area contributed by atoms with Crippen molar-refractivity contribution in [3.05, 3.63) is 77.1 Å². The summed E-state index contributed by atoms with van der Waals surface area (Å²) in [6, 6.07) is 13.7. The molecule has 0 saturated heterocycles. The van der Waals surface area contributed by atoms with Gasteiger partial charge in [0.2, 0.25) is 0 Å². The third-order valence-corrected chi connectivity index (χ3v) is 3.82. The molecule has 1 N–H and O–H groups in total. The largest absolute Gasteiger partial charge is 0.379 e. The summed E-state index contributed by atoms with van der Waals surface area (Å²) in [7, 11) is 0. The fraction of sp³-hybridized carbons (Fsp3) is 0.211. The van der Waals surface area contributed by atoms with E-state index in [4.69, 9.17) is 0 Å². The minimum atomic E-state index is -0.341. The van der Waals surface area contributed by atoms with Crippen LogP contribution in [0.5, 0.6) is 0 Å². The van der Waals surface area contributed by atoms with Crippen LogP contribution in [-0.2, 0) is 6.42 Å². The lowest BCUT2D eigenvalue weighted by molar-refractivity contribution is 0.104. The summed E-state index contributed by atoms with van der Waals surface area (Å²) < 4.78 is 13.0. The molecule has 1 aliphatic heterocycles. The first kappa shape index (κ1) is 14.5. The molecule has 3 heteroatoms. The molecule has 0 spiro atoms. The number of fused-ring (bicyclic) bond motifs is 1. The molecule has 0 aliphatic carbocycles. The number of halogens is 1. The third kappa shape index (κ3) is 2.93. The molecule has 0 amide bonds. The average Bonchev–Trinajstić information content (AvgIpc) is 2.46. The lowest BCUT2D eigenvalue weighted by Crippen LogP contribution is -2.43. The van der Waals surface area contributed by atoms with Gasteiger partial charge >= 0.3 is 0 Å². The van der Waals surface area contributed by atoms with Crippen molar-refractivity contribution in [2.75, 3.05) is 0 Å². The Morgan fingerprint density at radius 3 is 2.55 bits per heavy atom. The summed E-state index contributed by atoms with van der Waals surface area (Å²) in [6.07, 6.45) is 2.51. The van der Waals surface area contributed by atoms with Gasteiger partial charge in [0.05, 0.1) is 0 Å². The number of benzene rings is 2. The van der Waals surface area contributed by atoms with Gasteiger partial charge in [-0.3, -0.25) is 4.79 Å². The first-order valence-electron chi connectivity index (χ1n) is 7.33. The molecule has 0 atom stereocenters. The number of carbonyl (C=O) groups is 1. The highest BCUT2D eigenvalue weighted by atomic mass is 19.1. The molecule has 0 unspecified atom stereocenters. The molecule has 112 valence electrons. The fourth-order valence-electron chi connectivity index (χ4n) is 2.83. The van der Waals surface area contributed by atoms with Crippen LogP contribution in [0.15, 0.2) is 54.6 Å². The van der Waals surface area contributed by atoms with Crippen molar-refractivity contribution in [1.29, 1.82) is 0 Å². The predicted octanol–water partition coefficient (Wildman–Crippen LogP) is 3.97. The van der Waals surface area contributed by atoms with Crippen LogP contribution < -0.4 is 5.32 Å². The Hall–Kier alpha value is -2.42. The number of nitrogens with one attached hydrogen (secondary N) is 1. The molecule has 0 aromatic heterocycles. The van der Waals surface area contributed by atoms with Crippen LogP contribution in [0.25, 0.3) is 5.70 Å².